The van der Waals surface area contributed by atoms with Crippen LogP contribution in [-0.2, 0) is 11.2 Å². The second-order valence-electron chi connectivity index (χ2n) is 5.17. The lowest BCUT2D eigenvalue weighted by Gasteiger charge is -2.26. The van der Waals surface area contributed by atoms with Gasteiger partial charge in [0.25, 0.3) is 0 Å². The van der Waals surface area contributed by atoms with Crippen molar-refractivity contribution in [3.63, 3.8) is 0 Å². The minimum absolute atomic E-state index is 0.214. The Morgan fingerprint density at radius 2 is 2.00 bits per heavy atom. The maximum absolute atomic E-state index is 12.1. The number of nitrogens with zero attached hydrogens (tertiary/aromatic N) is 3. The van der Waals surface area contributed by atoms with Crippen LogP contribution in [0.3, 0.4) is 0 Å². The first-order valence-electron chi connectivity index (χ1n) is 7.58. The lowest BCUT2D eigenvalue weighted by atomic mass is 10.1. The van der Waals surface area contributed by atoms with Gasteiger partial charge < -0.3 is 15.6 Å². The van der Waals surface area contributed by atoms with Crippen LogP contribution in [-0.4, -0.2) is 40.4 Å². The molecule has 1 aliphatic rings. The molecule has 116 valence electrons. The molecule has 1 aliphatic heterocycles. The van der Waals surface area contributed by atoms with E-state index < -0.39 is 0 Å². The summed E-state index contributed by atoms with van der Waals surface area (Å²) in [7, 11) is 0. The number of hydrogen-bond donors (Lipinski definition) is 3. The highest BCUT2D eigenvalue weighted by atomic mass is 16.2. The number of anilines is 2. The molecule has 1 saturated heterocycles. The largest absolute Gasteiger partial charge is 0.369 e. The van der Waals surface area contributed by atoms with Crippen LogP contribution in [0.2, 0.25) is 0 Å². The monoisotopic (exact) mass is 292 g/mol. The summed E-state index contributed by atoms with van der Waals surface area (Å²) in [5, 5.41) is 3.21. The van der Waals surface area contributed by atoms with Gasteiger partial charge in [-0.15, -0.1) is 0 Å². The SMILES string of the molecule is CCc1c(NN)ncnc1NCCC(=O)N1CCCCC1. The molecule has 0 aromatic carbocycles. The van der Waals surface area contributed by atoms with Crippen molar-refractivity contribution in [3.05, 3.63) is 11.9 Å². The molecule has 0 bridgehead atoms. The second-order valence-corrected chi connectivity index (χ2v) is 5.17. The first kappa shape index (κ1) is 15.5. The summed E-state index contributed by atoms with van der Waals surface area (Å²) in [6.07, 6.45) is 6.19. The third-order valence-electron chi connectivity index (χ3n) is 3.78. The number of rotatable bonds is 6. The zero-order chi connectivity index (χ0) is 15.1. The Hall–Kier alpha value is -1.89. The smallest absolute Gasteiger partial charge is 0.224 e. The second kappa shape index (κ2) is 7.78. The molecule has 2 heterocycles. The number of hydrogen-bond acceptors (Lipinski definition) is 6. The van der Waals surface area contributed by atoms with Gasteiger partial charge in [-0.25, -0.2) is 15.8 Å². The molecule has 2 rings (SSSR count). The van der Waals surface area contributed by atoms with Crippen LogP contribution in [0.15, 0.2) is 6.33 Å². The maximum atomic E-state index is 12.1. The Bertz CT molecular complexity index is 473. The van der Waals surface area contributed by atoms with E-state index in [1.807, 2.05) is 11.8 Å². The van der Waals surface area contributed by atoms with Crippen molar-refractivity contribution in [2.45, 2.75) is 39.0 Å². The van der Waals surface area contributed by atoms with Gasteiger partial charge in [-0.2, -0.15) is 0 Å². The normalized spacial score (nSPS) is 14.9. The number of carbonyl (C=O) groups excluding carboxylic acids is 1. The van der Waals surface area contributed by atoms with E-state index in [1.165, 1.54) is 12.7 Å². The molecule has 0 spiro atoms. The summed E-state index contributed by atoms with van der Waals surface area (Å²) in [5.74, 6) is 7.02. The van der Waals surface area contributed by atoms with Crippen molar-refractivity contribution >= 4 is 17.5 Å². The summed E-state index contributed by atoms with van der Waals surface area (Å²) in [5.41, 5.74) is 3.51. The molecular formula is C14H24N6O. The molecule has 7 heteroatoms. The van der Waals surface area contributed by atoms with E-state index in [0.717, 1.165) is 43.7 Å². The summed E-state index contributed by atoms with van der Waals surface area (Å²) in [6.45, 7) is 4.38. The molecule has 1 fully saturated rings. The predicted molar refractivity (Wildman–Crippen MR) is 82.8 cm³/mol. The molecule has 1 aromatic heterocycles. The van der Waals surface area contributed by atoms with Gasteiger partial charge in [-0.3, -0.25) is 4.79 Å². The number of nitrogens with two attached hydrogens (primary N) is 1. The number of carbonyl (C=O) groups is 1. The minimum atomic E-state index is 0.214. The number of nitrogens with one attached hydrogen (secondary N) is 2. The Labute approximate surface area is 125 Å². The molecule has 0 aliphatic carbocycles. The summed E-state index contributed by atoms with van der Waals surface area (Å²) >= 11 is 0. The van der Waals surface area contributed by atoms with Crippen molar-refractivity contribution in [2.24, 2.45) is 5.84 Å². The van der Waals surface area contributed by atoms with Crippen molar-refractivity contribution in [1.29, 1.82) is 0 Å². The number of likely N-dealkylation sites (tertiary alicyclic amines) is 1. The van der Waals surface area contributed by atoms with Crippen LogP contribution in [0.5, 0.6) is 0 Å². The summed E-state index contributed by atoms with van der Waals surface area (Å²) < 4.78 is 0. The third kappa shape index (κ3) is 4.04. The van der Waals surface area contributed by atoms with E-state index in [0.29, 0.717) is 18.8 Å². The number of piperidine rings is 1. The fourth-order valence-corrected chi connectivity index (χ4v) is 2.61. The average Bonchev–Trinajstić information content (AvgIpc) is 2.55. The number of hydrazine groups is 1. The van der Waals surface area contributed by atoms with Crippen LogP contribution in [0.1, 0.15) is 38.2 Å². The highest BCUT2D eigenvalue weighted by Crippen LogP contribution is 2.19. The molecule has 4 N–H and O–H groups in total. The van der Waals surface area contributed by atoms with Crippen molar-refractivity contribution in [3.8, 4) is 0 Å². The van der Waals surface area contributed by atoms with E-state index in [2.05, 4.69) is 20.7 Å². The lowest BCUT2D eigenvalue weighted by Crippen LogP contribution is -2.36. The van der Waals surface area contributed by atoms with Crippen LogP contribution in [0.4, 0.5) is 11.6 Å². The quantitative estimate of drug-likeness (QED) is 0.537. The van der Waals surface area contributed by atoms with Gasteiger partial charge in [-0.1, -0.05) is 6.92 Å². The van der Waals surface area contributed by atoms with Gasteiger partial charge in [0.2, 0.25) is 5.91 Å². The number of nitrogen functional groups attached to an aromatic ring is 1. The van der Waals surface area contributed by atoms with Crippen LogP contribution in [0, 0.1) is 0 Å². The Morgan fingerprint density at radius 1 is 1.29 bits per heavy atom. The molecular weight excluding hydrogens is 268 g/mol. The van der Waals surface area contributed by atoms with E-state index in [1.54, 1.807) is 0 Å². The van der Waals surface area contributed by atoms with Gasteiger partial charge in [0.15, 0.2) is 0 Å². The molecule has 21 heavy (non-hydrogen) atoms. The van der Waals surface area contributed by atoms with Crippen molar-refractivity contribution in [1.82, 2.24) is 14.9 Å². The van der Waals surface area contributed by atoms with Crippen molar-refractivity contribution in [2.75, 3.05) is 30.4 Å². The van der Waals surface area contributed by atoms with Crippen LogP contribution >= 0.6 is 0 Å². The van der Waals surface area contributed by atoms with Gasteiger partial charge >= 0.3 is 0 Å². The van der Waals surface area contributed by atoms with E-state index in [4.69, 9.17) is 5.84 Å². The predicted octanol–water partition coefficient (Wildman–Crippen LogP) is 1.14. The average molecular weight is 292 g/mol. The third-order valence-corrected chi connectivity index (χ3v) is 3.78. The molecule has 0 atom stereocenters. The highest BCUT2D eigenvalue weighted by Gasteiger charge is 2.16. The molecule has 1 amide bonds. The van der Waals surface area contributed by atoms with Gasteiger partial charge in [0.1, 0.15) is 18.0 Å². The molecule has 0 unspecified atom stereocenters. The standard InChI is InChI=1S/C14H24N6O/c1-2-11-13(17-10-18-14(11)19-15)16-7-6-12(21)20-8-4-3-5-9-20/h10H,2-9,15H2,1H3,(H2,16,17,18,19). The fourth-order valence-electron chi connectivity index (χ4n) is 2.61. The minimum Gasteiger partial charge on any atom is -0.369 e. The molecule has 0 saturated carbocycles. The van der Waals surface area contributed by atoms with E-state index in [9.17, 15) is 4.79 Å². The summed E-state index contributed by atoms with van der Waals surface area (Å²) in [6, 6.07) is 0. The maximum Gasteiger partial charge on any atom is 0.224 e. The zero-order valence-corrected chi connectivity index (χ0v) is 12.6. The Morgan fingerprint density at radius 3 is 2.67 bits per heavy atom. The van der Waals surface area contributed by atoms with E-state index in [-0.39, 0.29) is 5.91 Å². The van der Waals surface area contributed by atoms with Gasteiger partial charge in [0.05, 0.1) is 0 Å². The first-order chi connectivity index (χ1) is 10.3. The van der Waals surface area contributed by atoms with E-state index >= 15 is 0 Å². The number of amides is 1. The number of aromatic nitrogens is 2. The van der Waals surface area contributed by atoms with Crippen LogP contribution in [0.25, 0.3) is 0 Å². The first-order valence-corrected chi connectivity index (χ1v) is 7.58. The molecule has 0 radical (unpaired) electrons. The van der Waals surface area contributed by atoms with Gasteiger partial charge in [-0.05, 0) is 25.7 Å². The van der Waals surface area contributed by atoms with Crippen LogP contribution < -0.4 is 16.6 Å². The van der Waals surface area contributed by atoms with Gasteiger partial charge in [0, 0.05) is 31.6 Å². The Kier molecular flexibility index (Phi) is 5.74. The molecule has 7 nitrogen and oxygen atoms in total. The van der Waals surface area contributed by atoms with Crippen molar-refractivity contribution < 1.29 is 4.79 Å². The lowest BCUT2D eigenvalue weighted by molar-refractivity contribution is -0.131. The Balaban J connectivity index is 1.87. The topological polar surface area (TPSA) is 96.2 Å². The zero-order valence-electron chi connectivity index (χ0n) is 12.6. The fraction of sp³-hybridized carbons (Fsp3) is 0.643. The summed E-state index contributed by atoms with van der Waals surface area (Å²) in [4.78, 5) is 22.4. The highest BCUT2D eigenvalue weighted by molar-refractivity contribution is 5.76. The molecule has 1 aromatic rings.